The number of nitrogens with zero attached hydrogens (tertiary/aromatic N) is 3. The van der Waals surface area contributed by atoms with E-state index in [1.807, 2.05) is 52.5 Å². The Morgan fingerprint density at radius 1 is 1.27 bits per heavy atom. The van der Waals surface area contributed by atoms with Crippen LogP contribution < -0.4 is 10.6 Å². The van der Waals surface area contributed by atoms with Gasteiger partial charge in [-0.3, -0.25) is 9.48 Å². The maximum Gasteiger partial charge on any atom is 0.219 e. The molecule has 0 aliphatic rings. The van der Waals surface area contributed by atoms with Gasteiger partial charge in [0, 0.05) is 38.9 Å². The van der Waals surface area contributed by atoms with E-state index in [-0.39, 0.29) is 16.9 Å². The van der Waals surface area contributed by atoms with Crippen LogP contribution in [0.5, 0.6) is 0 Å². The van der Waals surface area contributed by atoms with Gasteiger partial charge < -0.3 is 15.4 Å². The smallest absolute Gasteiger partial charge is 0.219 e. The van der Waals surface area contributed by atoms with E-state index in [0.717, 1.165) is 25.2 Å². The third-order valence-corrected chi connectivity index (χ3v) is 3.84. The van der Waals surface area contributed by atoms with Crippen molar-refractivity contribution in [2.75, 3.05) is 20.2 Å². The summed E-state index contributed by atoms with van der Waals surface area (Å²) in [6, 6.07) is 0. The van der Waals surface area contributed by atoms with Crippen LogP contribution in [0.2, 0.25) is 0 Å². The first-order valence-corrected chi connectivity index (χ1v) is 9.62. The molecule has 1 aromatic heterocycles. The minimum Gasteiger partial charge on any atom is -0.374 e. The van der Waals surface area contributed by atoms with E-state index in [1.165, 1.54) is 0 Å². The van der Waals surface area contributed by atoms with Crippen LogP contribution in [0.15, 0.2) is 6.20 Å². The topological polar surface area (TPSA) is 81.1 Å². The molecule has 0 unspecified atom stereocenters. The van der Waals surface area contributed by atoms with E-state index >= 15 is 0 Å². The standard InChI is InChI=1S/C17H33N5O2.C2H6/c1-7-15(23)19-12-17(4,5)24-9-8-16(2,3)13-22-11-14(10-18-6)20-21-22;1-2/h11,18H,7-10,12-13H2,1-6H3,(H,19,23);1-2H3. The highest BCUT2D eigenvalue weighted by Crippen LogP contribution is 2.24. The van der Waals surface area contributed by atoms with Crippen LogP contribution >= 0.6 is 0 Å². The maximum absolute atomic E-state index is 11.4. The first-order chi connectivity index (χ1) is 12.2. The minimum absolute atomic E-state index is 0.0490. The molecular weight excluding hydrogens is 330 g/mol. The lowest BCUT2D eigenvalue weighted by Crippen LogP contribution is -2.41. The van der Waals surface area contributed by atoms with Gasteiger partial charge >= 0.3 is 0 Å². The average molecular weight is 370 g/mol. The molecule has 0 bridgehead atoms. The summed E-state index contributed by atoms with van der Waals surface area (Å²) < 4.78 is 7.86. The van der Waals surface area contributed by atoms with Gasteiger partial charge in [0.1, 0.15) is 0 Å². The van der Waals surface area contributed by atoms with Crippen molar-refractivity contribution in [3.8, 4) is 0 Å². The molecule has 0 atom stereocenters. The predicted octanol–water partition coefficient (Wildman–Crippen LogP) is 2.76. The Kier molecular flexibility index (Phi) is 11.3. The van der Waals surface area contributed by atoms with Gasteiger partial charge in [-0.15, -0.1) is 5.10 Å². The zero-order chi connectivity index (χ0) is 20.2. The van der Waals surface area contributed by atoms with E-state index < -0.39 is 0 Å². The van der Waals surface area contributed by atoms with Crippen LogP contribution in [0.3, 0.4) is 0 Å². The molecule has 0 aliphatic carbocycles. The summed E-state index contributed by atoms with van der Waals surface area (Å²) >= 11 is 0. The number of rotatable bonds is 11. The monoisotopic (exact) mass is 369 g/mol. The van der Waals surface area contributed by atoms with Crippen molar-refractivity contribution in [2.45, 2.75) is 80.0 Å². The number of carbonyl (C=O) groups excluding carboxylic acids is 1. The quantitative estimate of drug-likeness (QED) is 0.627. The van der Waals surface area contributed by atoms with Gasteiger partial charge in [-0.1, -0.05) is 39.8 Å². The van der Waals surface area contributed by atoms with Crippen LogP contribution in [-0.4, -0.2) is 46.7 Å². The Hall–Kier alpha value is -1.47. The van der Waals surface area contributed by atoms with Crippen LogP contribution in [-0.2, 0) is 22.6 Å². The molecule has 0 saturated heterocycles. The van der Waals surface area contributed by atoms with E-state index in [9.17, 15) is 4.79 Å². The molecule has 0 saturated carbocycles. The summed E-state index contributed by atoms with van der Waals surface area (Å²) in [6.45, 7) is 16.9. The number of hydrogen-bond acceptors (Lipinski definition) is 5. The second kappa shape index (κ2) is 12.0. The van der Waals surface area contributed by atoms with Gasteiger partial charge in [0.15, 0.2) is 0 Å². The predicted molar refractivity (Wildman–Crippen MR) is 106 cm³/mol. The van der Waals surface area contributed by atoms with Crippen molar-refractivity contribution in [1.29, 1.82) is 0 Å². The lowest BCUT2D eigenvalue weighted by molar-refractivity contribution is -0.122. The van der Waals surface area contributed by atoms with Crippen molar-refractivity contribution in [3.05, 3.63) is 11.9 Å². The third kappa shape index (κ3) is 10.5. The highest BCUT2D eigenvalue weighted by Gasteiger charge is 2.23. The first kappa shape index (κ1) is 24.5. The van der Waals surface area contributed by atoms with Gasteiger partial charge in [-0.2, -0.15) is 0 Å². The molecule has 152 valence electrons. The third-order valence-electron chi connectivity index (χ3n) is 3.84. The molecule has 1 amide bonds. The van der Waals surface area contributed by atoms with Crippen molar-refractivity contribution >= 4 is 5.91 Å². The molecule has 1 rings (SSSR count). The Bertz CT molecular complexity index is 512. The van der Waals surface area contributed by atoms with Gasteiger partial charge in [0.25, 0.3) is 0 Å². The fourth-order valence-corrected chi connectivity index (χ4v) is 2.29. The normalized spacial score (nSPS) is 11.7. The number of aromatic nitrogens is 3. The highest BCUT2D eigenvalue weighted by atomic mass is 16.5. The van der Waals surface area contributed by atoms with Gasteiger partial charge in [-0.05, 0) is 32.7 Å². The molecule has 26 heavy (non-hydrogen) atoms. The summed E-state index contributed by atoms with van der Waals surface area (Å²) in [5.41, 5.74) is 0.624. The summed E-state index contributed by atoms with van der Waals surface area (Å²) in [5.74, 6) is 0.0514. The Morgan fingerprint density at radius 3 is 2.50 bits per heavy atom. The number of nitrogens with one attached hydrogen (secondary N) is 2. The minimum atomic E-state index is -0.367. The fraction of sp³-hybridized carbons (Fsp3) is 0.842. The maximum atomic E-state index is 11.4. The lowest BCUT2D eigenvalue weighted by Gasteiger charge is -2.29. The van der Waals surface area contributed by atoms with Crippen molar-refractivity contribution in [2.24, 2.45) is 5.41 Å². The molecule has 7 heteroatoms. The van der Waals surface area contributed by atoms with Crippen LogP contribution in [0.4, 0.5) is 0 Å². The molecule has 0 aromatic carbocycles. The molecule has 2 N–H and O–H groups in total. The molecule has 0 spiro atoms. The fourth-order valence-electron chi connectivity index (χ4n) is 2.29. The van der Waals surface area contributed by atoms with Crippen molar-refractivity contribution < 1.29 is 9.53 Å². The van der Waals surface area contributed by atoms with E-state index in [2.05, 4.69) is 34.8 Å². The summed E-state index contributed by atoms with van der Waals surface area (Å²) in [7, 11) is 1.89. The van der Waals surface area contributed by atoms with E-state index in [1.54, 1.807) is 0 Å². The Morgan fingerprint density at radius 2 is 1.92 bits per heavy atom. The van der Waals surface area contributed by atoms with E-state index in [0.29, 0.717) is 19.6 Å². The van der Waals surface area contributed by atoms with Gasteiger partial charge in [0.2, 0.25) is 5.91 Å². The first-order valence-electron chi connectivity index (χ1n) is 9.62. The SMILES string of the molecule is CC.CCC(=O)NCC(C)(C)OCCC(C)(C)Cn1cc(CNC)nn1. The molecule has 1 heterocycles. The molecule has 0 radical (unpaired) electrons. The van der Waals surface area contributed by atoms with E-state index in [4.69, 9.17) is 4.74 Å². The van der Waals surface area contributed by atoms with Gasteiger partial charge in [0.05, 0.1) is 11.3 Å². The Labute approximate surface area is 159 Å². The molecule has 0 fully saturated rings. The highest BCUT2D eigenvalue weighted by molar-refractivity contribution is 5.75. The van der Waals surface area contributed by atoms with Crippen LogP contribution in [0.25, 0.3) is 0 Å². The molecule has 0 aliphatic heterocycles. The molecule has 7 nitrogen and oxygen atoms in total. The van der Waals surface area contributed by atoms with Crippen molar-refractivity contribution in [3.63, 3.8) is 0 Å². The van der Waals surface area contributed by atoms with Crippen LogP contribution in [0.1, 0.15) is 67.0 Å². The number of hydrogen-bond donors (Lipinski definition) is 2. The zero-order valence-corrected chi connectivity index (χ0v) is 18.0. The zero-order valence-electron chi connectivity index (χ0n) is 18.0. The lowest BCUT2D eigenvalue weighted by atomic mass is 9.89. The van der Waals surface area contributed by atoms with Crippen molar-refractivity contribution in [1.82, 2.24) is 25.6 Å². The number of ether oxygens (including phenoxy) is 1. The average Bonchev–Trinajstić information content (AvgIpc) is 3.00. The number of amides is 1. The Balaban J connectivity index is 0.00000301. The molecular formula is C19H39N5O2. The summed E-state index contributed by atoms with van der Waals surface area (Å²) in [6.07, 6.45) is 3.37. The second-order valence-corrected chi connectivity index (χ2v) is 7.59. The van der Waals surface area contributed by atoms with Crippen LogP contribution in [0, 0.1) is 5.41 Å². The summed E-state index contributed by atoms with van der Waals surface area (Å²) in [5, 5.41) is 14.3. The number of carbonyl (C=O) groups is 1. The largest absolute Gasteiger partial charge is 0.374 e. The molecule has 1 aromatic rings. The summed E-state index contributed by atoms with van der Waals surface area (Å²) in [4.78, 5) is 11.4. The van der Waals surface area contributed by atoms with Gasteiger partial charge in [-0.25, -0.2) is 0 Å². The second-order valence-electron chi connectivity index (χ2n) is 7.59.